The summed E-state index contributed by atoms with van der Waals surface area (Å²) >= 11 is 1.57. The minimum Gasteiger partial charge on any atom is -0.367 e. The normalized spacial score (nSPS) is 11.6. The molecule has 1 atom stereocenters. The summed E-state index contributed by atoms with van der Waals surface area (Å²) in [5.41, 5.74) is 10.9. The standard InChI is InChI=1S/C27H22N6S/c28-22(16-19-6-2-1-3-7-19)17-31-27-25-24(32-26(33-27)20-11-14-29-15-12-20)21(18-34-25)9-10-23-8-4-5-13-30-23/h1-8,11-15,18,22H,16-17,28H2,(H,31,32,33)/t22-/m0/s1. The molecule has 0 saturated carbocycles. The molecule has 5 rings (SSSR count). The van der Waals surface area contributed by atoms with E-state index in [1.165, 1.54) is 5.56 Å². The van der Waals surface area contributed by atoms with E-state index in [0.29, 0.717) is 12.4 Å². The van der Waals surface area contributed by atoms with Gasteiger partial charge in [-0.2, -0.15) is 0 Å². The molecule has 4 heterocycles. The third-order valence-electron chi connectivity index (χ3n) is 5.22. The van der Waals surface area contributed by atoms with E-state index in [1.807, 2.05) is 53.9 Å². The van der Waals surface area contributed by atoms with Crippen LogP contribution in [0.2, 0.25) is 0 Å². The summed E-state index contributed by atoms with van der Waals surface area (Å²) in [6, 6.07) is 19.7. The van der Waals surface area contributed by atoms with Gasteiger partial charge in [-0.15, -0.1) is 11.3 Å². The Hall–Kier alpha value is -4.12. The topological polar surface area (TPSA) is 89.6 Å². The molecule has 1 aromatic carbocycles. The van der Waals surface area contributed by atoms with Crippen LogP contribution in [-0.2, 0) is 6.42 Å². The van der Waals surface area contributed by atoms with Crippen LogP contribution in [0.5, 0.6) is 0 Å². The number of thiophene rings is 1. The molecule has 6 nitrogen and oxygen atoms in total. The summed E-state index contributed by atoms with van der Waals surface area (Å²) in [6.45, 7) is 0.587. The Labute approximate surface area is 202 Å². The van der Waals surface area contributed by atoms with Crippen molar-refractivity contribution in [2.45, 2.75) is 12.5 Å². The predicted molar refractivity (Wildman–Crippen MR) is 137 cm³/mol. The molecule has 0 unspecified atom stereocenters. The van der Waals surface area contributed by atoms with Gasteiger partial charge in [0.15, 0.2) is 5.82 Å². The number of pyridine rings is 2. The maximum atomic E-state index is 6.42. The van der Waals surface area contributed by atoms with Crippen LogP contribution in [0.3, 0.4) is 0 Å². The lowest BCUT2D eigenvalue weighted by Crippen LogP contribution is -2.31. The highest BCUT2D eigenvalue weighted by atomic mass is 32.1. The van der Waals surface area contributed by atoms with Crippen molar-refractivity contribution < 1.29 is 0 Å². The van der Waals surface area contributed by atoms with Gasteiger partial charge in [-0.1, -0.05) is 42.3 Å². The van der Waals surface area contributed by atoms with Crippen LogP contribution in [0, 0.1) is 11.8 Å². The monoisotopic (exact) mass is 462 g/mol. The summed E-state index contributed by atoms with van der Waals surface area (Å²) in [5, 5.41) is 5.48. The average Bonchev–Trinajstić information content (AvgIpc) is 3.31. The van der Waals surface area contributed by atoms with Crippen molar-refractivity contribution in [2.75, 3.05) is 11.9 Å². The van der Waals surface area contributed by atoms with Gasteiger partial charge < -0.3 is 11.1 Å². The third kappa shape index (κ3) is 5.09. The second kappa shape index (κ2) is 10.2. The molecule has 0 aliphatic carbocycles. The van der Waals surface area contributed by atoms with Crippen molar-refractivity contribution in [3.05, 3.63) is 101 Å². The zero-order valence-corrected chi connectivity index (χ0v) is 19.2. The number of benzene rings is 1. The lowest BCUT2D eigenvalue weighted by atomic mass is 10.1. The highest BCUT2D eigenvalue weighted by Gasteiger charge is 2.15. The number of fused-ring (bicyclic) bond motifs is 1. The molecule has 34 heavy (non-hydrogen) atoms. The van der Waals surface area contributed by atoms with Gasteiger partial charge in [0.05, 0.1) is 10.3 Å². The number of nitrogens with zero attached hydrogens (tertiary/aromatic N) is 4. The molecule has 0 fully saturated rings. The Morgan fingerprint density at radius 3 is 2.53 bits per heavy atom. The second-order valence-electron chi connectivity index (χ2n) is 7.75. The maximum absolute atomic E-state index is 6.42. The number of nitrogens with one attached hydrogen (secondary N) is 1. The summed E-state index contributed by atoms with van der Waals surface area (Å²) in [7, 11) is 0. The largest absolute Gasteiger partial charge is 0.367 e. The van der Waals surface area contributed by atoms with Gasteiger partial charge in [0.2, 0.25) is 0 Å². The number of rotatable bonds is 6. The van der Waals surface area contributed by atoms with Gasteiger partial charge in [0, 0.05) is 42.1 Å². The van der Waals surface area contributed by atoms with Gasteiger partial charge in [-0.25, -0.2) is 15.0 Å². The number of aromatic nitrogens is 4. The summed E-state index contributed by atoms with van der Waals surface area (Å²) in [5.74, 6) is 7.74. The minimum atomic E-state index is -0.0554. The fourth-order valence-electron chi connectivity index (χ4n) is 3.54. The number of hydrogen-bond acceptors (Lipinski definition) is 7. The van der Waals surface area contributed by atoms with Crippen LogP contribution in [0.15, 0.2) is 84.6 Å². The van der Waals surface area contributed by atoms with Crippen molar-refractivity contribution >= 4 is 27.4 Å². The van der Waals surface area contributed by atoms with E-state index in [-0.39, 0.29) is 6.04 Å². The van der Waals surface area contributed by atoms with Gasteiger partial charge in [0.25, 0.3) is 0 Å². The van der Waals surface area contributed by atoms with Crippen LogP contribution < -0.4 is 11.1 Å². The fraction of sp³-hybridized carbons (Fsp3) is 0.111. The van der Waals surface area contributed by atoms with Gasteiger partial charge >= 0.3 is 0 Å². The average molecular weight is 463 g/mol. The second-order valence-corrected chi connectivity index (χ2v) is 8.63. The van der Waals surface area contributed by atoms with Gasteiger partial charge in [-0.3, -0.25) is 4.98 Å². The van der Waals surface area contributed by atoms with E-state index in [0.717, 1.165) is 39.3 Å². The third-order valence-corrected chi connectivity index (χ3v) is 6.19. The first kappa shape index (κ1) is 21.7. The highest BCUT2D eigenvalue weighted by Crippen LogP contribution is 2.32. The zero-order chi connectivity index (χ0) is 23.2. The molecule has 166 valence electrons. The highest BCUT2D eigenvalue weighted by molar-refractivity contribution is 7.18. The van der Waals surface area contributed by atoms with Crippen molar-refractivity contribution in [3.63, 3.8) is 0 Å². The quantitative estimate of drug-likeness (QED) is 0.361. The number of hydrogen-bond donors (Lipinski definition) is 2. The molecule has 3 N–H and O–H groups in total. The van der Waals surface area contributed by atoms with E-state index in [9.17, 15) is 0 Å². The smallest absolute Gasteiger partial charge is 0.162 e. The van der Waals surface area contributed by atoms with E-state index in [1.54, 1.807) is 29.9 Å². The number of nitrogens with two attached hydrogens (primary N) is 1. The fourth-order valence-corrected chi connectivity index (χ4v) is 4.44. The lowest BCUT2D eigenvalue weighted by Gasteiger charge is -2.14. The molecule has 0 radical (unpaired) electrons. The maximum Gasteiger partial charge on any atom is 0.162 e. The Morgan fingerprint density at radius 1 is 0.912 bits per heavy atom. The van der Waals surface area contributed by atoms with Crippen LogP contribution in [0.1, 0.15) is 16.8 Å². The van der Waals surface area contributed by atoms with Crippen molar-refractivity contribution in [1.82, 2.24) is 19.9 Å². The molecule has 0 bridgehead atoms. The van der Waals surface area contributed by atoms with Crippen LogP contribution in [0.4, 0.5) is 5.82 Å². The van der Waals surface area contributed by atoms with E-state index >= 15 is 0 Å². The Bertz CT molecular complexity index is 1440. The van der Waals surface area contributed by atoms with Crippen molar-refractivity contribution in [2.24, 2.45) is 5.73 Å². The van der Waals surface area contributed by atoms with Gasteiger partial charge in [0.1, 0.15) is 17.0 Å². The molecule has 5 aromatic rings. The van der Waals surface area contributed by atoms with Crippen molar-refractivity contribution in [3.8, 4) is 23.2 Å². The van der Waals surface area contributed by atoms with Crippen LogP contribution >= 0.6 is 11.3 Å². The first-order valence-electron chi connectivity index (χ1n) is 10.9. The number of anilines is 1. The Morgan fingerprint density at radius 2 is 1.74 bits per heavy atom. The molecule has 0 spiro atoms. The first-order chi connectivity index (χ1) is 16.8. The van der Waals surface area contributed by atoms with E-state index < -0.39 is 0 Å². The summed E-state index contributed by atoms with van der Waals surface area (Å²) < 4.78 is 0.954. The Balaban J connectivity index is 1.47. The molecule has 4 aromatic heterocycles. The molecular formula is C27H22N6S. The van der Waals surface area contributed by atoms with E-state index in [2.05, 4.69) is 39.3 Å². The van der Waals surface area contributed by atoms with Crippen molar-refractivity contribution in [1.29, 1.82) is 0 Å². The SMILES string of the molecule is N[C@H](CNc1nc(-c2ccncc2)nc2c(C#Cc3ccccn3)csc12)Cc1ccccc1. The van der Waals surface area contributed by atoms with E-state index in [4.69, 9.17) is 15.7 Å². The molecule has 0 amide bonds. The Kier molecular flexibility index (Phi) is 6.52. The van der Waals surface area contributed by atoms with Gasteiger partial charge in [-0.05, 0) is 42.2 Å². The summed E-state index contributed by atoms with van der Waals surface area (Å²) in [4.78, 5) is 18.1. The van der Waals surface area contributed by atoms with Crippen LogP contribution in [-0.4, -0.2) is 32.5 Å². The molecule has 0 saturated heterocycles. The lowest BCUT2D eigenvalue weighted by molar-refractivity contribution is 0.698. The molecular weight excluding hydrogens is 440 g/mol. The summed E-state index contributed by atoms with van der Waals surface area (Å²) in [6.07, 6.45) is 5.99. The first-order valence-corrected chi connectivity index (χ1v) is 11.8. The zero-order valence-electron chi connectivity index (χ0n) is 18.3. The molecule has 0 aliphatic rings. The van der Waals surface area contributed by atoms with Crippen LogP contribution in [0.25, 0.3) is 21.6 Å². The molecule has 0 aliphatic heterocycles. The minimum absolute atomic E-state index is 0.0554. The predicted octanol–water partition coefficient (Wildman–Crippen LogP) is 4.53. The molecule has 7 heteroatoms.